The fraction of sp³-hybridized carbons (Fsp3) is 0.125. The Balaban J connectivity index is 1.84. The van der Waals surface area contributed by atoms with Gasteiger partial charge in [0.15, 0.2) is 6.10 Å². The molecule has 2 aromatic carbocycles. The number of nitrogens with one attached hydrogen (secondary N) is 2. The molecule has 2 amide bonds. The van der Waals surface area contributed by atoms with Crippen molar-refractivity contribution in [2.24, 2.45) is 0 Å². The fourth-order valence-corrected chi connectivity index (χ4v) is 2.58. The molecule has 1 aliphatic heterocycles. The first kappa shape index (κ1) is 15.5. The van der Waals surface area contributed by atoms with Crippen molar-refractivity contribution in [2.75, 3.05) is 10.6 Å². The van der Waals surface area contributed by atoms with Crippen LogP contribution in [0.5, 0.6) is 5.75 Å². The molecule has 23 heavy (non-hydrogen) atoms. The maximum absolute atomic E-state index is 13.3. The van der Waals surface area contributed by atoms with Crippen molar-refractivity contribution in [3.05, 3.63) is 52.3 Å². The summed E-state index contributed by atoms with van der Waals surface area (Å²) in [5.41, 5.74) is 1.12. The van der Waals surface area contributed by atoms with E-state index in [2.05, 4.69) is 26.6 Å². The number of fused-ring (bicyclic) bond motifs is 1. The SMILES string of the molecule is C[C@@H]1Oc2ccc(NC(=O)c3cc(F)ccc3Br)cc2NC1=O. The summed E-state index contributed by atoms with van der Waals surface area (Å²) in [4.78, 5) is 23.9. The summed E-state index contributed by atoms with van der Waals surface area (Å²) in [7, 11) is 0. The lowest BCUT2D eigenvalue weighted by molar-refractivity contribution is -0.122. The molecule has 7 heteroatoms. The Morgan fingerprint density at radius 2 is 2.09 bits per heavy atom. The van der Waals surface area contributed by atoms with Gasteiger partial charge in [-0.2, -0.15) is 0 Å². The van der Waals surface area contributed by atoms with Crippen molar-refractivity contribution >= 4 is 39.1 Å². The van der Waals surface area contributed by atoms with Crippen molar-refractivity contribution in [1.29, 1.82) is 0 Å². The highest BCUT2D eigenvalue weighted by Crippen LogP contribution is 2.32. The lowest BCUT2D eigenvalue weighted by Gasteiger charge is -2.23. The van der Waals surface area contributed by atoms with E-state index in [0.29, 0.717) is 21.6 Å². The van der Waals surface area contributed by atoms with Crippen molar-refractivity contribution < 1.29 is 18.7 Å². The molecule has 5 nitrogen and oxygen atoms in total. The second-order valence-electron chi connectivity index (χ2n) is 5.04. The van der Waals surface area contributed by atoms with Crippen LogP contribution in [0.15, 0.2) is 40.9 Å². The first-order valence-corrected chi connectivity index (χ1v) is 7.61. The fourth-order valence-electron chi connectivity index (χ4n) is 2.16. The number of rotatable bonds is 2. The Kier molecular flexibility index (Phi) is 4.04. The third-order valence-electron chi connectivity index (χ3n) is 3.34. The van der Waals surface area contributed by atoms with Crippen LogP contribution in [-0.2, 0) is 4.79 Å². The summed E-state index contributed by atoms with van der Waals surface area (Å²) in [5.74, 6) is -0.693. The van der Waals surface area contributed by atoms with Crippen LogP contribution in [0.25, 0.3) is 0 Å². The molecule has 0 fully saturated rings. The van der Waals surface area contributed by atoms with Gasteiger partial charge in [-0.25, -0.2) is 4.39 Å². The quantitative estimate of drug-likeness (QED) is 0.839. The van der Waals surface area contributed by atoms with Crippen molar-refractivity contribution in [1.82, 2.24) is 0 Å². The van der Waals surface area contributed by atoms with Gasteiger partial charge in [0, 0.05) is 10.2 Å². The summed E-state index contributed by atoms with van der Waals surface area (Å²) < 4.78 is 19.2. The van der Waals surface area contributed by atoms with Crippen LogP contribution >= 0.6 is 15.9 Å². The molecular weight excluding hydrogens is 367 g/mol. The number of ether oxygens (including phenoxy) is 1. The van der Waals surface area contributed by atoms with E-state index in [0.717, 1.165) is 6.07 Å². The highest BCUT2D eigenvalue weighted by molar-refractivity contribution is 9.10. The van der Waals surface area contributed by atoms with Crippen molar-refractivity contribution in [3.63, 3.8) is 0 Å². The van der Waals surface area contributed by atoms with Gasteiger partial charge in [-0.15, -0.1) is 0 Å². The average molecular weight is 379 g/mol. The normalized spacial score (nSPS) is 16.1. The summed E-state index contributed by atoms with van der Waals surface area (Å²) >= 11 is 3.21. The first-order chi connectivity index (χ1) is 10.9. The highest BCUT2D eigenvalue weighted by Gasteiger charge is 2.23. The Morgan fingerprint density at radius 3 is 2.87 bits per heavy atom. The number of carbonyl (C=O) groups excluding carboxylic acids is 2. The van der Waals surface area contributed by atoms with Gasteiger partial charge >= 0.3 is 0 Å². The molecule has 2 aromatic rings. The van der Waals surface area contributed by atoms with Crippen LogP contribution in [-0.4, -0.2) is 17.9 Å². The zero-order chi connectivity index (χ0) is 16.6. The van der Waals surface area contributed by atoms with E-state index in [9.17, 15) is 14.0 Å². The molecule has 0 bridgehead atoms. The second kappa shape index (κ2) is 6.00. The number of halogens is 2. The molecule has 0 spiro atoms. The Morgan fingerprint density at radius 1 is 1.30 bits per heavy atom. The minimum atomic E-state index is -0.564. The van der Waals surface area contributed by atoms with Gasteiger partial charge in [-0.3, -0.25) is 9.59 Å². The standard InChI is InChI=1S/C16H12BrFN2O3/c1-8-15(21)20-13-7-10(3-5-14(13)23-8)19-16(22)11-6-9(18)2-4-12(11)17/h2-8H,1H3,(H,19,22)(H,20,21)/t8-/m0/s1. The summed E-state index contributed by atoms with van der Waals surface area (Å²) in [6.07, 6.45) is -0.564. The van der Waals surface area contributed by atoms with Gasteiger partial charge in [0.1, 0.15) is 11.6 Å². The van der Waals surface area contributed by atoms with Crippen LogP contribution in [0, 0.1) is 5.82 Å². The number of benzene rings is 2. The highest BCUT2D eigenvalue weighted by atomic mass is 79.9. The van der Waals surface area contributed by atoms with Gasteiger partial charge in [0.05, 0.1) is 11.3 Å². The number of hydrogen-bond donors (Lipinski definition) is 2. The average Bonchev–Trinajstić information content (AvgIpc) is 2.51. The van der Waals surface area contributed by atoms with Gasteiger partial charge in [-0.05, 0) is 59.3 Å². The number of anilines is 2. The summed E-state index contributed by atoms with van der Waals surface area (Å²) in [6, 6.07) is 8.75. The van der Waals surface area contributed by atoms with E-state index in [-0.39, 0.29) is 11.5 Å². The lowest BCUT2D eigenvalue weighted by atomic mass is 10.1. The van der Waals surface area contributed by atoms with E-state index in [1.165, 1.54) is 12.1 Å². The van der Waals surface area contributed by atoms with Crippen LogP contribution in [0.3, 0.4) is 0 Å². The van der Waals surface area contributed by atoms with E-state index >= 15 is 0 Å². The van der Waals surface area contributed by atoms with Crippen molar-refractivity contribution in [3.8, 4) is 5.75 Å². The molecule has 0 unspecified atom stereocenters. The molecule has 2 N–H and O–H groups in total. The molecule has 0 aliphatic carbocycles. The molecule has 0 radical (unpaired) electrons. The lowest BCUT2D eigenvalue weighted by Crippen LogP contribution is -2.34. The Hall–Kier alpha value is -2.41. The molecule has 118 valence electrons. The van der Waals surface area contributed by atoms with Crippen LogP contribution < -0.4 is 15.4 Å². The molecule has 1 heterocycles. The van der Waals surface area contributed by atoms with Crippen LogP contribution in [0.4, 0.5) is 15.8 Å². The van der Waals surface area contributed by atoms with E-state index in [4.69, 9.17) is 4.74 Å². The molecule has 0 saturated heterocycles. The molecule has 0 saturated carbocycles. The maximum atomic E-state index is 13.3. The molecular formula is C16H12BrFN2O3. The van der Waals surface area contributed by atoms with Crippen molar-refractivity contribution in [2.45, 2.75) is 13.0 Å². The third kappa shape index (κ3) is 3.19. The van der Waals surface area contributed by atoms with Crippen LogP contribution in [0.2, 0.25) is 0 Å². The first-order valence-electron chi connectivity index (χ1n) is 6.82. The molecule has 3 rings (SSSR count). The molecule has 1 atom stereocenters. The zero-order valence-corrected chi connectivity index (χ0v) is 13.6. The minimum Gasteiger partial charge on any atom is -0.479 e. The van der Waals surface area contributed by atoms with E-state index in [1.54, 1.807) is 25.1 Å². The summed E-state index contributed by atoms with van der Waals surface area (Å²) in [5, 5.41) is 5.36. The minimum absolute atomic E-state index is 0.177. The maximum Gasteiger partial charge on any atom is 0.265 e. The Bertz CT molecular complexity index is 810. The summed E-state index contributed by atoms with van der Waals surface area (Å²) in [6.45, 7) is 1.65. The van der Waals surface area contributed by atoms with E-state index in [1.807, 2.05) is 0 Å². The smallest absolute Gasteiger partial charge is 0.265 e. The monoisotopic (exact) mass is 378 g/mol. The van der Waals surface area contributed by atoms with E-state index < -0.39 is 17.8 Å². The van der Waals surface area contributed by atoms with Gasteiger partial charge in [0.25, 0.3) is 11.8 Å². The predicted molar refractivity (Wildman–Crippen MR) is 87.2 cm³/mol. The molecule has 0 aromatic heterocycles. The van der Waals surface area contributed by atoms with Crippen LogP contribution in [0.1, 0.15) is 17.3 Å². The van der Waals surface area contributed by atoms with Gasteiger partial charge in [-0.1, -0.05) is 0 Å². The third-order valence-corrected chi connectivity index (χ3v) is 4.03. The van der Waals surface area contributed by atoms with Gasteiger partial charge < -0.3 is 15.4 Å². The predicted octanol–water partition coefficient (Wildman–Crippen LogP) is 3.56. The second-order valence-corrected chi connectivity index (χ2v) is 5.89. The Labute approximate surface area is 140 Å². The largest absolute Gasteiger partial charge is 0.479 e. The zero-order valence-electron chi connectivity index (χ0n) is 12.0. The number of hydrogen-bond acceptors (Lipinski definition) is 3. The number of amides is 2. The number of carbonyl (C=O) groups is 2. The topological polar surface area (TPSA) is 67.4 Å². The molecule has 1 aliphatic rings. The van der Waals surface area contributed by atoms with Gasteiger partial charge in [0.2, 0.25) is 0 Å².